The normalized spacial score (nSPS) is 11.4. The van der Waals surface area contributed by atoms with Crippen molar-refractivity contribution < 1.29 is 14.3 Å². The van der Waals surface area contributed by atoms with Crippen LogP contribution < -0.4 is 15.4 Å². The number of rotatable bonds is 5. The second-order valence-corrected chi connectivity index (χ2v) is 5.79. The van der Waals surface area contributed by atoms with Crippen molar-refractivity contribution in [2.45, 2.75) is 20.0 Å². The van der Waals surface area contributed by atoms with E-state index in [9.17, 15) is 9.59 Å². The van der Waals surface area contributed by atoms with Gasteiger partial charge >= 0.3 is 0 Å². The quantitative estimate of drug-likeness (QED) is 0.833. The summed E-state index contributed by atoms with van der Waals surface area (Å²) in [6.07, 6.45) is -0.649. The molecular weight excluding hydrogens is 360 g/mol. The van der Waals surface area contributed by atoms with Gasteiger partial charge in [0.25, 0.3) is 5.91 Å². The molecule has 1 unspecified atom stereocenters. The number of ether oxygens (including phenoxy) is 1. The average Bonchev–Trinajstić information content (AvgIpc) is 2.51. The molecule has 2 rings (SSSR count). The molecule has 1 atom stereocenters. The lowest BCUT2D eigenvalue weighted by Gasteiger charge is -2.16. The smallest absolute Gasteiger partial charge is 0.265 e. The fourth-order valence-corrected chi connectivity index (χ4v) is 2.25. The largest absolute Gasteiger partial charge is 0.480 e. The van der Waals surface area contributed by atoms with Gasteiger partial charge in [0.2, 0.25) is 5.91 Å². The standard InChI is InChI=1S/C17H17BrN2O3/c1-11(23-16-6-4-3-5-15(16)18)17(22)20-14-9-7-13(8-10-14)19-12(2)21/h3-11H,1-2H3,(H,19,21)(H,20,22). The monoisotopic (exact) mass is 376 g/mol. The van der Waals surface area contributed by atoms with Gasteiger partial charge in [0, 0.05) is 18.3 Å². The lowest BCUT2D eigenvalue weighted by Crippen LogP contribution is -2.30. The molecule has 23 heavy (non-hydrogen) atoms. The van der Waals surface area contributed by atoms with E-state index in [1.165, 1.54) is 6.92 Å². The van der Waals surface area contributed by atoms with Crippen molar-refractivity contribution >= 4 is 39.1 Å². The Balaban J connectivity index is 1.95. The molecule has 6 heteroatoms. The summed E-state index contributed by atoms with van der Waals surface area (Å²) in [6, 6.07) is 14.2. The van der Waals surface area contributed by atoms with Gasteiger partial charge in [-0.25, -0.2) is 0 Å². The molecule has 2 N–H and O–H groups in total. The molecular formula is C17H17BrN2O3. The van der Waals surface area contributed by atoms with E-state index in [0.717, 1.165) is 4.47 Å². The topological polar surface area (TPSA) is 67.4 Å². The first-order valence-corrected chi connectivity index (χ1v) is 7.84. The molecule has 0 fully saturated rings. The van der Waals surface area contributed by atoms with Gasteiger partial charge in [-0.2, -0.15) is 0 Å². The Kier molecular flexibility index (Phi) is 5.76. The van der Waals surface area contributed by atoms with Crippen LogP contribution in [0.2, 0.25) is 0 Å². The van der Waals surface area contributed by atoms with Crippen molar-refractivity contribution in [3.8, 4) is 5.75 Å². The molecule has 0 heterocycles. The first-order chi connectivity index (χ1) is 11.0. The summed E-state index contributed by atoms with van der Waals surface area (Å²) in [4.78, 5) is 23.1. The van der Waals surface area contributed by atoms with Gasteiger partial charge in [0.05, 0.1) is 4.47 Å². The third-order valence-corrected chi connectivity index (χ3v) is 3.64. The second kappa shape index (κ2) is 7.78. The fourth-order valence-electron chi connectivity index (χ4n) is 1.87. The van der Waals surface area contributed by atoms with E-state index >= 15 is 0 Å². The molecule has 0 aliphatic rings. The van der Waals surface area contributed by atoms with Crippen LogP contribution in [-0.4, -0.2) is 17.9 Å². The molecule has 0 aliphatic carbocycles. The van der Waals surface area contributed by atoms with Crippen molar-refractivity contribution in [1.29, 1.82) is 0 Å². The minimum Gasteiger partial charge on any atom is -0.480 e. The number of carbonyl (C=O) groups excluding carboxylic acids is 2. The minimum absolute atomic E-state index is 0.141. The van der Waals surface area contributed by atoms with Crippen LogP contribution in [0.25, 0.3) is 0 Å². The summed E-state index contributed by atoms with van der Waals surface area (Å²) in [5, 5.41) is 5.44. The molecule has 0 aliphatic heterocycles. The van der Waals surface area contributed by atoms with Gasteiger partial charge in [-0.1, -0.05) is 12.1 Å². The van der Waals surface area contributed by atoms with Crippen molar-refractivity contribution in [3.05, 3.63) is 53.0 Å². The molecule has 2 aromatic carbocycles. The molecule has 0 spiro atoms. The van der Waals surface area contributed by atoms with Gasteiger partial charge in [-0.15, -0.1) is 0 Å². The molecule has 5 nitrogen and oxygen atoms in total. The van der Waals surface area contributed by atoms with Crippen LogP contribution >= 0.6 is 15.9 Å². The number of carbonyl (C=O) groups is 2. The molecule has 0 aromatic heterocycles. The highest BCUT2D eigenvalue weighted by Crippen LogP contribution is 2.25. The van der Waals surface area contributed by atoms with Crippen LogP contribution in [0.4, 0.5) is 11.4 Å². The van der Waals surface area contributed by atoms with Gasteiger partial charge in [0.1, 0.15) is 5.75 Å². The van der Waals surface area contributed by atoms with Gasteiger partial charge in [0.15, 0.2) is 6.10 Å². The zero-order valence-corrected chi connectivity index (χ0v) is 14.4. The number of nitrogens with one attached hydrogen (secondary N) is 2. The lowest BCUT2D eigenvalue weighted by atomic mass is 10.2. The van der Waals surface area contributed by atoms with E-state index in [0.29, 0.717) is 17.1 Å². The first kappa shape index (κ1) is 17.0. The van der Waals surface area contributed by atoms with Crippen molar-refractivity contribution in [2.75, 3.05) is 10.6 Å². The SMILES string of the molecule is CC(=O)Nc1ccc(NC(=O)C(C)Oc2ccccc2Br)cc1. The lowest BCUT2D eigenvalue weighted by molar-refractivity contribution is -0.122. The summed E-state index contributed by atoms with van der Waals surface area (Å²) in [7, 11) is 0. The highest BCUT2D eigenvalue weighted by Gasteiger charge is 2.16. The predicted octanol–water partition coefficient (Wildman–Crippen LogP) is 3.81. The molecule has 120 valence electrons. The number of benzene rings is 2. The van der Waals surface area contributed by atoms with E-state index in [1.54, 1.807) is 37.3 Å². The average molecular weight is 377 g/mol. The zero-order chi connectivity index (χ0) is 16.8. The van der Waals surface area contributed by atoms with Gasteiger partial charge < -0.3 is 15.4 Å². The summed E-state index contributed by atoms with van der Waals surface area (Å²) in [5.41, 5.74) is 1.31. The maximum Gasteiger partial charge on any atom is 0.265 e. The number of hydrogen-bond donors (Lipinski definition) is 2. The Labute approximate surface area is 143 Å². The number of halogens is 1. The number of amides is 2. The Morgan fingerprint density at radius 1 is 1.00 bits per heavy atom. The first-order valence-electron chi connectivity index (χ1n) is 7.05. The van der Waals surface area contributed by atoms with Crippen molar-refractivity contribution in [2.24, 2.45) is 0 Å². The summed E-state index contributed by atoms with van der Waals surface area (Å²) in [5.74, 6) is 0.210. The highest BCUT2D eigenvalue weighted by atomic mass is 79.9. The van der Waals surface area contributed by atoms with E-state index in [2.05, 4.69) is 26.6 Å². The molecule has 2 aromatic rings. The second-order valence-electron chi connectivity index (χ2n) is 4.94. The molecule has 2 amide bonds. The Morgan fingerprint density at radius 3 is 2.13 bits per heavy atom. The molecule has 0 saturated carbocycles. The number of hydrogen-bond acceptors (Lipinski definition) is 3. The summed E-state index contributed by atoms with van der Waals surface area (Å²) in [6.45, 7) is 3.12. The van der Waals surface area contributed by atoms with E-state index < -0.39 is 6.10 Å². The third-order valence-electron chi connectivity index (χ3n) is 2.98. The molecule has 0 radical (unpaired) electrons. The van der Waals surface area contributed by atoms with Gasteiger partial charge in [-0.3, -0.25) is 9.59 Å². The van der Waals surface area contributed by atoms with Crippen LogP contribution in [0.15, 0.2) is 53.0 Å². The zero-order valence-electron chi connectivity index (χ0n) is 12.8. The highest BCUT2D eigenvalue weighted by molar-refractivity contribution is 9.10. The van der Waals surface area contributed by atoms with Crippen LogP contribution in [-0.2, 0) is 9.59 Å². The predicted molar refractivity (Wildman–Crippen MR) is 93.6 cm³/mol. The third kappa shape index (κ3) is 5.10. The Morgan fingerprint density at radius 2 is 1.57 bits per heavy atom. The minimum atomic E-state index is -0.649. The fraction of sp³-hybridized carbons (Fsp3) is 0.176. The summed E-state index contributed by atoms with van der Waals surface area (Å²) >= 11 is 3.38. The van der Waals surface area contributed by atoms with Crippen LogP contribution in [0.5, 0.6) is 5.75 Å². The van der Waals surface area contributed by atoms with Crippen LogP contribution in [0, 0.1) is 0 Å². The maximum atomic E-state index is 12.2. The van der Waals surface area contributed by atoms with Crippen LogP contribution in [0.3, 0.4) is 0 Å². The van der Waals surface area contributed by atoms with E-state index in [1.807, 2.05) is 18.2 Å². The number of anilines is 2. The molecule has 0 saturated heterocycles. The Bertz CT molecular complexity index is 701. The van der Waals surface area contributed by atoms with Crippen LogP contribution in [0.1, 0.15) is 13.8 Å². The van der Waals surface area contributed by atoms with E-state index in [4.69, 9.17) is 4.74 Å². The number of para-hydroxylation sites is 1. The van der Waals surface area contributed by atoms with E-state index in [-0.39, 0.29) is 11.8 Å². The molecule has 0 bridgehead atoms. The summed E-state index contributed by atoms with van der Waals surface area (Å²) < 4.78 is 6.43. The Hall–Kier alpha value is -2.34. The van der Waals surface area contributed by atoms with Crippen molar-refractivity contribution in [3.63, 3.8) is 0 Å². The van der Waals surface area contributed by atoms with Gasteiger partial charge in [-0.05, 0) is 59.3 Å². The maximum absolute atomic E-state index is 12.2. The van der Waals surface area contributed by atoms with Crippen molar-refractivity contribution in [1.82, 2.24) is 0 Å².